The fourth-order valence-corrected chi connectivity index (χ4v) is 1.80. The summed E-state index contributed by atoms with van der Waals surface area (Å²) in [6, 6.07) is 17.4. The lowest BCUT2D eigenvalue weighted by Crippen LogP contribution is -2.09. The van der Waals surface area contributed by atoms with Crippen molar-refractivity contribution in [1.29, 1.82) is 0 Å². The maximum Gasteiger partial charge on any atom is 0.452 e. The topological polar surface area (TPSA) is 51.0 Å². The van der Waals surface area contributed by atoms with Gasteiger partial charge in [-0.05, 0) is 25.0 Å². The van der Waals surface area contributed by atoms with Crippen molar-refractivity contribution < 1.29 is 9.53 Å². The lowest BCUT2D eigenvalue weighted by atomic mass is 10.0. The first kappa shape index (κ1) is 14.9. The Hall–Kier alpha value is -2.49. The van der Waals surface area contributed by atoms with Crippen LogP contribution in [-0.4, -0.2) is 12.2 Å². The number of carbonyl (C=O) groups excluding carboxylic acids is 1. The van der Waals surface area contributed by atoms with Crippen LogP contribution in [0.2, 0.25) is 0 Å². The van der Waals surface area contributed by atoms with Crippen LogP contribution in [-0.2, 0) is 4.74 Å². The standard InChI is InChI=1S/C17H18N2O2/c1-3-13(2)21-17(20)19-18-16-12-8-7-11-15(16)14-9-5-4-6-10-14/h4-13H,3H2,1-2H3. The van der Waals surface area contributed by atoms with Crippen molar-refractivity contribution in [2.24, 2.45) is 10.2 Å². The number of nitrogens with zero attached hydrogens (tertiary/aromatic N) is 2. The van der Waals surface area contributed by atoms with Crippen molar-refractivity contribution in [3.8, 4) is 11.1 Å². The minimum Gasteiger partial charge on any atom is -0.444 e. The number of azo groups is 1. The van der Waals surface area contributed by atoms with Crippen LogP contribution in [0.4, 0.5) is 10.5 Å². The third kappa shape index (κ3) is 4.24. The maximum absolute atomic E-state index is 11.6. The lowest BCUT2D eigenvalue weighted by Gasteiger charge is -2.07. The van der Waals surface area contributed by atoms with Gasteiger partial charge >= 0.3 is 6.09 Å². The van der Waals surface area contributed by atoms with Crippen LogP contribution in [0.25, 0.3) is 11.1 Å². The predicted molar refractivity (Wildman–Crippen MR) is 82.6 cm³/mol. The van der Waals surface area contributed by atoms with Gasteiger partial charge in [0, 0.05) is 5.56 Å². The van der Waals surface area contributed by atoms with E-state index < -0.39 is 6.09 Å². The summed E-state index contributed by atoms with van der Waals surface area (Å²) in [4.78, 5) is 11.6. The number of rotatable bonds is 4. The zero-order chi connectivity index (χ0) is 15.1. The number of benzene rings is 2. The molecule has 0 N–H and O–H groups in total. The lowest BCUT2D eigenvalue weighted by molar-refractivity contribution is 0.113. The largest absolute Gasteiger partial charge is 0.452 e. The van der Waals surface area contributed by atoms with Crippen molar-refractivity contribution in [1.82, 2.24) is 0 Å². The molecular weight excluding hydrogens is 264 g/mol. The molecule has 21 heavy (non-hydrogen) atoms. The highest BCUT2D eigenvalue weighted by molar-refractivity contribution is 5.76. The fourth-order valence-electron chi connectivity index (χ4n) is 1.80. The van der Waals surface area contributed by atoms with Crippen molar-refractivity contribution in [2.45, 2.75) is 26.4 Å². The van der Waals surface area contributed by atoms with Crippen LogP contribution in [0.15, 0.2) is 64.8 Å². The van der Waals surface area contributed by atoms with Crippen LogP contribution in [0.3, 0.4) is 0 Å². The number of hydrogen-bond donors (Lipinski definition) is 0. The van der Waals surface area contributed by atoms with Gasteiger partial charge in [-0.1, -0.05) is 60.6 Å². The summed E-state index contributed by atoms with van der Waals surface area (Å²) in [5.41, 5.74) is 2.60. The van der Waals surface area contributed by atoms with E-state index >= 15 is 0 Å². The second kappa shape index (κ2) is 7.33. The molecule has 0 aliphatic carbocycles. The third-order valence-corrected chi connectivity index (χ3v) is 3.11. The molecular formula is C17H18N2O2. The van der Waals surface area contributed by atoms with Gasteiger partial charge in [-0.25, -0.2) is 4.79 Å². The summed E-state index contributed by atoms with van der Waals surface area (Å²) in [5, 5.41) is 7.65. The summed E-state index contributed by atoms with van der Waals surface area (Å²) in [5.74, 6) is 0. The van der Waals surface area contributed by atoms with E-state index in [0.717, 1.165) is 17.5 Å². The highest BCUT2D eigenvalue weighted by Gasteiger charge is 2.07. The molecule has 0 aliphatic heterocycles. The molecule has 2 aromatic rings. The highest BCUT2D eigenvalue weighted by Crippen LogP contribution is 2.30. The first-order valence-electron chi connectivity index (χ1n) is 6.97. The van der Waals surface area contributed by atoms with E-state index in [1.165, 1.54) is 0 Å². The second-order valence-electron chi connectivity index (χ2n) is 4.69. The summed E-state index contributed by atoms with van der Waals surface area (Å²) in [6.45, 7) is 3.77. The summed E-state index contributed by atoms with van der Waals surface area (Å²) >= 11 is 0. The quantitative estimate of drug-likeness (QED) is 0.707. The highest BCUT2D eigenvalue weighted by atomic mass is 16.6. The summed E-state index contributed by atoms with van der Waals surface area (Å²) in [6.07, 6.45) is -0.0602. The smallest absolute Gasteiger partial charge is 0.444 e. The number of amides is 1. The first-order valence-corrected chi connectivity index (χ1v) is 6.97. The normalized spacial score (nSPS) is 12.3. The van der Waals surface area contributed by atoms with Crippen molar-refractivity contribution >= 4 is 11.8 Å². The van der Waals surface area contributed by atoms with E-state index in [1.807, 2.05) is 68.4 Å². The van der Waals surface area contributed by atoms with Crippen molar-refractivity contribution in [3.05, 3.63) is 54.6 Å². The molecule has 0 saturated carbocycles. The Morgan fingerprint density at radius 1 is 1.10 bits per heavy atom. The maximum atomic E-state index is 11.6. The molecule has 0 radical (unpaired) electrons. The van der Waals surface area contributed by atoms with E-state index in [2.05, 4.69) is 10.2 Å². The molecule has 2 aromatic carbocycles. The Balaban J connectivity index is 2.20. The number of carbonyl (C=O) groups is 1. The zero-order valence-electron chi connectivity index (χ0n) is 12.2. The predicted octanol–water partition coefficient (Wildman–Crippen LogP) is 5.37. The van der Waals surface area contributed by atoms with Crippen LogP contribution in [0.1, 0.15) is 20.3 Å². The fraction of sp³-hybridized carbons (Fsp3) is 0.235. The summed E-state index contributed by atoms with van der Waals surface area (Å²) in [7, 11) is 0. The Morgan fingerprint density at radius 3 is 2.48 bits per heavy atom. The molecule has 2 rings (SSSR count). The van der Waals surface area contributed by atoms with Gasteiger partial charge in [-0.2, -0.15) is 0 Å². The van der Waals surface area contributed by atoms with E-state index in [9.17, 15) is 4.79 Å². The average Bonchev–Trinajstić information content (AvgIpc) is 2.54. The van der Waals surface area contributed by atoms with Gasteiger partial charge in [0.1, 0.15) is 6.10 Å². The van der Waals surface area contributed by atoms with Crippen LogP contribution in [0.5, 0.6) is 0 Å². The van der Waals surface area contributed by atoms with Crippen LogP contribution in [0, 0.1) is 0 Å². The number of hydrogen-bond acceptors (Lipinski definition) is 3. The molecule has 108 valence electrons. The van der Waals surface area contributed by atoms with Crippen molar-refractivity contribution in [3.63, 3.8) is 0 Å². The van der Waals surface area contributed by atoms with E-state index in [-0.39, 0.29) is 6.10 Å². The van der Waals surface area contributed by atoms with Gasteiger partial charge in [0.25, 0.3) is 0 Å². The Labute approximate surface area is 124 Å². The van der Waals surface area contributed by atoms with Gasteiger partial charge in [0.15, 0.2) is 0 Å². The molecule has 0 heterocycles. The molecule has 0 aromatic heterocycles. The zero-order valence-corrected chi connectivity index (χ0v) is 12.2. The van der Waals surface area contributed by atoms with E-state index in [4.69, 9.17) is 4.74 Å². The monoisotopic (exact) mass is 282 g/mol. The number of ether oxygens (including phenoxy) is 1. The molecule has 0 fully saturated rings. The van der Waals surface area contributed by atoms with Gasteiger partial charge in [0.05, 0.1) is 5.69 Å². The van der Waals surface area contributed by atoms with E-state index in [0.29, 0.717) is 5.69 Å². The molecule has 0 saturated heterocycles. The van der Waals surface area contributed by atoms with Crippen LogP contribution >= 0.6 is 0 Å². The van der Waals surface area contributed by atoms with Gasteiger partial charge in [0.2, 0.25) is 0 Å². The van der Waals surface area contributed by atoms with Gasteiger partial charge < -0.3 is 4.74 Å². The molecule has 1 unspecified atom stereocenters. The van der Waals surface area contributed by atoms with Crippen LogP contribution < -0.4 is 0 Å². The van der Waals surface area contributed by atoms with Gasteiger partial charge in [-0.3, -0.25) is 0 Å². The Morgan fingerprint density at radius 2 is 1.76 bits per heavy atom. The minimum atomic E-state index is -0.660. The Kier molecular flexibility index (Phi) is 5.21. The SMILES string of the molecule is CCC(C)OC(=O)N=Nc1ccccc1-c1ccccc1. The molecule has 1 atom stereocenters. The minimum absolute atomic E-state index is 0.152. The Bertz CT molecular complexity index is 624. The molecule has 4 heteroatoms. The molecule has 0 aliphatic rings. The summed E-state index contributed by atoms with van der Waals surface area (Å²) < 4.78 is 5.07. The van der Waals surface area contributed by atoms with Gasteiger partial charge in [-0.15, -0.1) is 5.11 Å². The average molecular weight is 282 g/mol. The molecule has 0 bridgehead atoms. The molecule has 1 amide bonds. The first-order chi connectivity index (χ1) is 10.2. The van der Waals surface area contributed by atoms with Crippen molar-refractivity contribution in [2.75, 3.05) is 0 Å². The second-order valence-corrected chi connectivity index (χ2v) is 4.69. The molecule has 0 spiro atoms. The molecule has 4 nitrogen and oxygen atoms in total. The third-order valence-electron chi connectivity index (χ3n) is 3.11. The van der Waals surface area contributed by atoms with E-state index in [1.54, 1.807) is 0 Å².